The second kappa shape index (κ2) is 5.17. The fourth-order valence-electron chi connectivity index (χ4n) is 3.03. The van der Waals surface area contributed by atoms with Gasteiger partial charge in [0.15, 0.2) is 0 Å². The Morgan fingerprint density at radius 2 is 1.94 bits per heavy atom. The van der Waals surface area contributed by atoms with E-state index >= 15 is 0 Å². The summed E-state index contributed by atoms with van der Waals surface area (Å²) in [5.41, 5.74) is -0.489. The van der Waals surface area contributed by atoms with E-state index in [9.17, 15) is 5.11 Å². The largest absolute Gasteiger partial charge is 0.389 e. The number of nitrogens with zero attached hydrogens (tertiary/aromatic N) is 4. The highest BCUT2D eigenvalue weighted by Gasteiger charge is 2.32. The number of aromatic nitrogens is 4. The monoisotopic (exact) mass is 268 g/mol. The molecule has 18 heavy (non-hydrogen) atoms. The van der Waals surface area contributed by atoms with Crippen LogP contribution in [0.4, 0.5) is 0 Å². The first-order valence-corrected chi connectivity index (χ1v) is 7.88. The van der Waals surface area contributed by atoms with Gasteiger partial charge in [0.05, 0.1) is 11.6 Å². The van der Waals surface area contributed by atoms with Crippen LogP contribution >= 0.6 is 11.8 Å². The topological polar surface area (TPSA) is 63.8 Å². The molecule has 0 saturated heterocycles. The Morgan fingerprint density at radius 3 is 2.67 bits per heavy atom. The zero-order valence-corrected chi connectivity index (χ0v) is 11.4. The number of tetrazole rings is 1. The number of aliphatic hydroxyl groups is 1. The molecule has 2 aliphatic carbocycles. The van der Waals surface area contributed by atoms with Crippen molar-refractivity contribution in [2.75, 3.05) is 5.75 Å². The average Bonchev–Trinajstić information content (AvgIpc) is 3.08. The maximum absolute atomic E-state index is 10.3. The molecule has 0 unspecified atom stereocenters. The van der Waals surface area contributed by atoms with Crippen molar-refractivity contribution < 1.29 is 5.11 Å². The van der Waals surface area contributed by atoms with Crippen molar-refractivity contribution in [3.05, 3.63) is 0 Å². The van der Waals surface area contributed by atoms with Crippen LogP contribution in [0.1, 0.15) is 57.4 Å². The van der Waals surface area contributed by atoms with Gasteiger partial charge in [-0.15, -0.1) is 5.10 Å². The molecule has 1 aromatic heterocycles. The highest BCUT2D eigenvalue weighted by Crippen LogP contribution is 2.36. The number of rotatable bonds is 4. The summed E-state index contributed by atoms with van der Waals surface area (Å²) in [5, 5.41) is 23.2. The molecule has 100 valence electrons. The van der Waals surface area contributed by atoms with Crippen molar-refractivity contribution in [1.29, 1.82) is 0 Å². The van der Waals surface area contributed by atoms with Crippen molar-refractivity contribution in [2.24, 2.45) is 0 Å². The molecule has 0 radical (unpaired) electrons. The van der Waals surface area contributed by atoms with Gasteiger partial charge in [0.1, 0.15) is 0 Å². The fourth-order valence-corrected chi connectivity index (χ4v) is 4.13. The third kappa shape index (κ3) is 2.54. The Kier molecular flexibility index (Phi) is 3.56. The van der Waals surface area contributed by atoms with Gasteiger partial charge in [0.25, 0.3) is 0 Å². The molecule has 0 aliphatic heterocycles. The molecule has 0 aromatic carbocycles. The smallest absolute Gasteiger partial charge is 0.209 e. The van der Waals surface area contributed by atoms with E-state index in [2.05, 4.69) is 15.5 Å². The quantitative estimate of drug-likeness (QED) is 0.848. The fraction of sp³-hybridized carbons (Fsp3) is 0.917. The summed E-state index contributed by atoms with van der Waals surface area (Å²) in [7, 11) is 0. The highest BCUT2D eigenvalue weighted by atomic mass is 32.2. The van der Waals surface area contributed by atoms with Gasteiger partial charge in [-0.1, -0.05) is 37.4 Å². The molecule has 0 amide bonds. The van der Waals surface area contributed by atoms with E-state index in [0.717, 1.165) is 36.6 Å². The maximum atomic E-state index is 10.3. The predicted molar refractivity (Wildman–Crippen MR) is 69.5 cm³/mol. The van der Waals surface area contributed by atoms with Gasteiger partial charge in [-0.3, -0.25) is 0 Å². The standard InChI is InChI=1S/C12H20N4OS/c17-12(7-3-4-8-12)9-18-11-13-14-15-16(11)10-5-1-2-6-10/h10,17H,1-9H2. The predicted octanol–water partition coefficient (Wildman–Crippen LogP) is 2.19. The van der Waals surface area contributed by atoms with Crippen LogP contribution in [0.5, 0.6) is 0 Å². The van der Waals surface area contributed by atoms with Crippen LogP contribution in [0.25, 0.3) is 0 Å². The van der Waals surface area contributed by atoms with Gasteiger partial charge in [0, 0.05) is 5.75 Å². The molecule has 1 N–H and O–H groups in total. The number of hydrogen-bond acceptors (Lipinski definition) is 5. The van der Waals surface area contributed by atoms with Crippen molar-refractivity contribution in [2.45, 2.75) is 68.2 Å². The summed E-state index contributed by atoms with van der Waals surface area (Å²) in [4.78, 5) is 0. The van der Waals surface area contributed by atoms with E-state index in [4.69, 9.17) is 0 Å². The molecule has 0 atom stereocenters. The average molecular weight is 268 g/mol. The molecule has 2 saturated carbocycles. The minimum absolute atomic E-state index is 0.473. The van der Waals surface area contributed by atoms with Crippen molar-refractivity contribution >= 4 is 11.8 Å². The van der Waals surface area contributed by atoms with Crippen molar-refractivity contribution in [3.63, 3.8) is 0 Å². The van der Waals surface area contributed by atoms with Gasteiger partial charge < -0.3 is 5.11 Å². The van der Waals surface area contributed by atoms with Crippen LogP contribution in [0.3, 0.4) is 0 Å². The molecule has 5 nitrogen and oxygen atoms in total. The first-order chi connectivity index (χ1) is 8.77. The number of hydrogen-bond donors (Lipinski definition) is 1. The second-order valence-corrected chi connectivity index (χ2v) is 6.51. The molecular formula is C12H20N4OS. The molecule has 2 fully saturated rings. The Balaban J connectivity index is 1.64. The van der Waals surface area contributed by atoms with E-state index in [1.807, 2.05) is 4.68 Å². The SMILES string of the molecule is OC1(CSc2nnnn2C2CCCC2)CCCC1. The molecule has 6 heteroatoms. The van der Waals surface area contributed by atoms with Crippen LogP contribution in [-0.2, 0) is 0 Å². The summed E-state index contributed by atoms with van der Waals surface area (Å²) in [6.07, 6.45) is 9.05. The molecule has 0 spiro atoms. The van der Waals surface area contributed by atoms with E-state index in [1.165, 1.54) is 25.7 Å². The first kappa shape index (κ1) is 12.4. The van der Waals surface area contributed by atoms with Crippen LogP contribution in [0, 0.1) is 0 Å². The first-order valence-electron chi connectivity index (χ1n) is 6.90. The Bertz CT molecular complexity index is 397. The summed E-state index contributed by atoms with van der Waals surface area (Å²) in [6, 6.07) is 0.473. The Hall–Kier alpha value is -0.620. The lowest BCUT2D eigenvalue weighted by atomic mass is 10.1. The lowest BCUT2D eigenvalue weighted by Crippen LogP contribution is -2.27. The summed E-state index contributed by atoms with van der Waals surface area (Å²) in [5.74, 6) is 0.722. The maximum Gasteiger partial charge on any atom is 0.209 e. The van der Waals surface area contributed by atoms with Crippen LogP contribution < -0.4 is 0 Å². The Morgan fingerprint density at radius 1 is 1.22 bits per heavy atom. The van der Waals surface area contributed by atoms with Crippen LogP contribution in [0.15, 0.2) is 5.16 Å². The van der Waals surface area contributed by atoms with Gasteiger partial charge in [0.2, 0.25) is 5.16 Å². The molecule has 1 heterocycles. The molecule has 1 aromatic rings. The Labute approximate surface area is 111 Å². The second-order valence-electron chi connectivity index (χ2n) is 5.56. The van der Waals surface area contributed by atoms with Gasteiger partial charge in [-0.05, 0) is 36.1 Å². The van der Waals surface area contributed by atoms with Crippen LogP contribution in [0.2, 0.25) is 0 Å². The minimum atomic E-state index is -0.489. The number of thioether (sulfide) groups is 1. The van der Waals surface area contributed by atoms with Crippen LogP contribution in [-0.4, -0.2) is 36.7 Å². The van der Waals surface area contributed by atoms with Gasteiger partial charge >= 0.3 is 0 Å². The third-order valence-electron chi connectivity index (χ3n) is 4.14. The molecule has 0 bridgehead atoms. The van der Waals surface area contributed by atoms with E-state index in [0.29, 0.717) is 6.04 Å². The third-order valence-corrected chi connectivity index (χ3v) is 5.35. The lowest BCUT2D eigenvalue weighted by molar-refractivity contribution is 0.0731. The summed E-state index contributed by atoms with van der Waals surface area (Å²) < 4.78 is 1.97. The highest BCUT2D eigenvalue weighted by molar-refractivity contribution is 7.99. The molecular weight excluding hydrogens is 248 g/mol. The summed E-state index contributed by atoms with van der Waals surface area (Å²) in [6.45, 7) is 0. The van der Waals surface area contributed by atoms with E-state index in [1.54, 1.807) is 11.8 Å². The zero-order valence-electron chi connectivity index (χ0n) is 10.6. The van der Waals surface area contributed by atoms with E-state index in [-0.39, 0.29) is 0 Å². The zero-order chi connectivity index (χ0) is 12.4. The van der Waals surface area contributed by atoms with Crippen molar-refractivity contribution in [3.8, 4) is 0 Å². The van der Waals surface area contributed by atoms with Gasteiger partial charge in [-0.2, -0.15) is 0 Å². The van der Waals surface area contributed by atoms with Gasteiger partial charge in [-0.25, -0.2) is 4.68 Å². The summed E-state index contributed by atoms with van der Waals surface area (Å²) >= 11 is 1.61. The lowest BCUT2D eigenvalue weighted by Gasteiger charge is -2.21. The molecule has 2 aliphatic rings. The molecule has 3 rings (SSSR count). The van der Waals surface area contributed by atoms with Crippen molar-refractivity contribution in [1.82, 2.24) is 20.2 Å². The minimum Gasteiger partial charge on any atom is -0.389 e. The normalized spacial score (nSPS) is 23.8. The van der Waals surface area contributed by atoms with E-state index < -0.39 is 5.60 Å².